The van der Waals surface area contributed by atoms with Gasteiger partial charge in [-0.05, 0) is 47.9 Å². The average molecular weight is 417 g/mol. The molecule has 5 nitrogen and oxygen atoms in total. The minimum absolute atomic E-state index is 0.0372. The van der Waals surface area contributed by atoms with Crippen molar-refractivity contribution < 1.29 is 14.3 Å². The smallest absolute Gasteiger partial charge is 0.255 e. The molecule has 136 valence electrons. The summed E-state index contributed by atoms with van der Waals surface area (Å²) in [5.41, 5.74) is 6.94. The Kier molecular flexibility index (Phi) is 7.41. The predicted molar refractivity (Wildman–Crippen MR) is 105 cm³/mol. The van der Waals surface area contributed by atoms with Gasteiger partial charge in [0.25, 0.3) is 5.91 Å². The number of carbonyl (C=O) groups excluding carboxylic acids is 2. The maximum atomic E-state index is 12.2. The van der Waals surface area contributed by atoms with E-state index < -0.39 is 5.91 Å². The van der Waals surface area contributed by atoms with E-state index in [0.29, 0.717) is 5.75 Å². The Hall–Kier alpha value is -2.60. The summed E-state index contributed by atoms with van der Waals surface area (Å²) >= 11 is 3.41. The Morgan fingerprint density at radius 1 is 1.15 bits per heavy atom. The summed E-state index contributed by atoms with van der Waals surface area (Å²) in [6.45, 7) is 1.87. The molecular weight excluding hydrogens is 396 g/mol. The number of nitrogens with one attached hydrogen (secondary N) is 1. The molecule has 1 unspecified atom stereocenters. The standard InChI is InChI=1S/C20H21BrN2O3/c1-2-18(15-6-8-16(21)9-7-15)23-20(25)12-5-14-3-10-17(11-4-14)26-13-19(22)24/h3-12,18H,2,13H2,1H3,(H2,22,24)(H,23,25). The molecule has 6 heteroatoms. The minimum atomic E-state index is -0.526. The van der Waals surface area contributed by atoms with Crippen molar-refractivity contribution in [2.75, 3.05) is 6.61 Å². The van der Waals surface area contributed by atoms with E-state index >= 15 is 0 Å². The highest BCUT2D eigenvalue weighted by molar-refractivity contribution is 9.10. The van der Waals surface area contributed by atoms with E-state index in [9.17, 15) is 9.59 Å². The number of rotatable bonds is 8. The summed E-state index contributed by atoms with van der Waals surface area (Å²) in [6, 6.07) is 14.9. The molecule has 0 saturated heterocycles. The Balaban J connectivity index is 1.93. The zero-order chi connectivity index (χ0) is 18.9. The quantitative estimate of drug-likeness (QED) is 0.644. The third-order valence-corrected chi connectivity index (χ3v) is 4.21. The Morgan fingerprint density at radius 2 is 1.81 bits per heavy atom. The maximum Gasteiger partial charge on any atom is 0.255 e. The molecule has 0 aliphatic rings. The normalized spacial score (nSPS) is 11.9. The van der Waals surface area contributed by atoms with Crippen molar-refractivity contribution >= 4 is 33.8 Å². The van der Waals surface area contributed by atoms with Crippen LogP contribution in [-0.2, 0) is 9.59 Å². The fourth-order valence-electron chi connectivity index (χ4n) is 2.34. The van der Waals surface area contributed by atoms with Crippen molar-refractivity contribution in [2.45, 2.75) is 19.4 Å². The molecule has 2 aromatic carbocycles. The number of halogens is 1. The van der Waals surface area contributed by atoms with Gasteiger partial charge in [0.15, 0.2) is 6.61 Å². The lowest BCUT2D eigenvalue weighted by Crippen LogP contribution is -2.26. The van der Waals surface area contributed by atoms with Gasteiger partial charge >= 0.3 is 0 Å². The zero-order valence-electron chi connectivity index (χ0n) is 14.4. The van der Waals surface area contributed by atoms with Gasteiger partial charge in [0.05, 0.1) is 6.04 Å². The van der Waals surface area contributed by atoms with Crippen LogP contribution in [0.25, 0.3) is 6.08 Å². The summed E-state index contributed by atoms with van der Waals surface area (Å²) in [5.74, 6) is -0.137. The second-order valence-corrected chi connectivity index (χ2v) is 6.59. The molecule has 26 heavy (non-hydrogen) atoms. The third-order valence-electron chi connectivity index (χ3n) is 3.69. The molecule has 0 radical (unpaired) electrons. The molecule has 0 heterocycles. The molecule has 1 atom stereocenters. The van der Waals surface area contributed by atoms with E-state index in [0.717, 1.165) is 22.0 Å². The largest absolute Gasteiger partial charge is 0.484 e. The predicted octanol–water partition coefficient (Wildman–Crippen LogP) is 3.59. The number of amides is 2. The second-order valence-electron chi connectivity index (χ2n) is 5.68. The van der Waals surface area contributed by atoms with Crippen LogP contribution in [-0.4, -0.2) is 18.4 Å². The highest BCUT2D eigenvalue weighted by Crippen LogP contribution is 2.19. The van der Waals surface area contributed by atoms with Crippen molar-refractivity contribution in [3.63, 3.8) is 0 Å². The van der Waals surface area contributed by atoms with Crippen LogP contribution in [0.1, 0.15) is 30.5 Å². The molecule has 2 rings (SSSR count). The first-order chi connectivity index (χ1) is 12.5. The topological polar surface area (TPSA) is 81.4 Å². The van der Waals surface area contributed by atoms with Crippen molar-refractivity contribution in [2.24, 2.45) is 5.73 Å². The molecule has 0 aliphatic carbocycles. The molecule has 0 aliphatic heterocycles. The van der Waals surface area contributed by atoms with Crippen LogP contribution in [0, 0.1) is 0 Å². The minimum Gasteiger partial charge on any atom is -0.484 e. The van der Waals surface area contributed by atoms with E-state index in [1.807, 2.05) is 31.2 Å². The van der Waals surface area contributed by atoms with Crippen molar-refractivity contribution in [1.29, 1.82) is 0 Å². The number of ether oxygens (including phenoxy) is 1. The maximum absolute atomic E-state index is 12.2. The Bertz CT molecular complexity index is 771. The molecule has 0 aromatic heterocycles. The molecule has 3 N–H and O–H groups in total. The first-order valence-electron chi connectivity index (χ1n) is 8.23. The SMILES string of the molecule is CCC(NC(=O)C=Cc1ccc(OCC(N)=O)cc1)c1ccc(Br)cc1. The fraction of sp³-hybridized carbons (Fsp3) is 0.200. The molecular formula is C20H21BrN2O3. The number of hydrogen-bond acceptors (Lipinski definition) is 3. The Labute approximate surface area is 161 Å². The van der Waals surface area contributed by atoms with E-state index in [1.165, 1.54) is 6.08 Å². The van der Waals surface area contributed by atoms with Crippen LogP contribution in [0.4, 0.5) is 0 Å². The molecule has 0 saturated carbocycles. The summed E-state index contributed by atoms with van der Waals surface area (Å²) < 4.78 is 6.20. The van der Waals surface area contributed by atoms with Gasteiger partial charge in [-0.2, -0.15) is 0 Å². The zero-order valence-corrected chi connectivity index (χ0v) is 16.0. The second kappa shape index (κ2) is 9.77. The van der Waals surface area contributed by atoms with Gasteiger partial charge in [0, 0.05) is 10.5 Å². The first kappa shape index (κ1) is 19.7. The highest BCUT2D eigenvalue weighted by Gasteiger charge is 2.10. The summed E-state index contributed by atoms with van der Waals surface area (Å²) in [4.78, 5) is 22.9. The molecule has 0 spiro atoms. The van der Waals surface area contributed by atoms with Crippen molar-refractivity contribution in [1.82, 2.24) is 5.32 Å². The van der Waals surface area contributed by atoms with Crippen LogP contribution in [0.2, 0.25) is 0 Å². The van der Waals surface area contributed by atoms with Gasteiger partial charge in [-0.15, -0.1) is 0 Å². The van der Waals surface area contributed by atoms with Crippen molar-refractivity contribution in [3.05, 3.63) is 70.2 Å². The van der Waals surface area contributed by atoms with Crippen LogP contribution in [0.15, 0.2) is 59.1 Å². The fourth-order valence-corrected chi connectivity index (χ4v) is 2.60. The first-order valence-corrected chi connectivity index (χ1v) is 9.02. The van der Waals surface area contributed by atoms with Gasteiger partial charge in [-0.1, -0.05) is 47.1 Å². The number of carbonyl (C=O) groups is 2. The van der Waals surface area contributed by atoms with E-state index in [-0.39, 0.29) is 18.6 Å². The summed E-state index contributed by atoms with van der Waals surface area (Å²) in [5, 5.41) is 3.00. The third kappa shape index (κ3) is 6.37. The van der Waals surface area contributed by atoms with Gasteiger partial charge in [-0.25, -0.2) is 0 Å². The lowest BCUT2D eigenvalue weighted by atomic mass is 10.0. The highest BCUT2D eigenvalue weighted by atomic mass is 79.9. The van der Waals surface area contributed by atoms with Crippen LogP contribution in [0.5, 0.6) is 5.75 Å². The lowest BCUT2D eigenvalue weighted by molar-refractivity contribution is -0.120. The molecule has 0 fully saturated rings. The van der Waals surface area contributed by atoms with Crippen molar-refractivity contribution in [3.8, 4) is 5.75 Å². The average Bonchev–Trinajstić information content (AvgIpc) is 2.64. The number of benzene rings is 2. The number of hydrogen-bond donors (Lipinski definition) is 2. The van der Waals surface area contributed by atoms with E-state index in [4.69, 9.17) is 10.5 Å². The van der Waals surface area contributed by atoms with Crippen LogP contribution in [0.3, 0.4) is 0 Å². The van der Waals surface area contributed by atoms with E-state index in [2.05, 4.69) is 21.2 Å². The van der Waals surface area contributed by atoms with Gasteiger partial charge in [0.1, 0.15) is 5.75 Å². The number of primary amides is 1. The summed E-state index contributed by atoms with van der Waals surface area (Å²) in [7, 11) is 0. The molecule has 2 aromatic rings. The van der Waals surface area contributed by atoms with Gasteiger partial charge in [0.2, 0.25) is 5.91 Å². The lowest BCUT2D eigenvalue weighted by Gasteiger charge is -2.16. The number of nitrogens with two attached hydrogens (primary N) is 1. The van der Waals surface area contributed by atoms with Crippen LogP contribution < -0.4 is 15.8 Å². The molecule has 2 amide bonds. The van der Waals surface area contributed by atoms with Crippen LogP contribution >= 0.6 is 15.9 Å². The summed E-state index contributed by atoms with van der Waals surface area (Å²) in [6.07, 6.45) is 4.02. The molecule has 0 bridgehead atoms. The van der Waals surface area contributed by atoms with E-state index in [1.54, 1.807) is 30.3 Å². The van der Waals surface area contributed by atoms with Gasteiger partial charge < -0.3 is 15.8 Å². The monoisotopic (exact) mass is 416 g/mol. The van der Waals surface area contributed by atoms with Gasteiger partial charge in [-0.3, -0.25) is 9.59 Å². The Morgan fingerprint density at radius 3 is 2.38 bits per heavy atom.